The summed E-state index contributed by atoms with van der Waals surface area (Å²) in [5.41, 5.74) is -2.11. The number of aromatic amines is 1. The Bertz CT molecular complexity index is 714. The van der Waals surface area contributed by atoms with Crippen LogP contribution in [-0.4, -0.2) is 4.98 Å². The first-order valence-corrected chi connectivity index (χ1v) is 5.97. The summed E-state index contributed by atoms with van der Waals surface area (Å²) >= 11 is 4.68. The monoisotopic (exact) mass is 323 g/mol. The highest BCUT2D eigenvalue weighted by molar-refractivity contribution is 7.71. The van der Waals surface area contributed by atoms with Crippen molar-refractivity contribution in [2.45, 2.75) is 12.4 Å². The van der Waals surface area contributed by atoms with E-state index >= 15 is 0 Å². The van der Waals surface area contributed by atoms with Crippen molar-refractivity contribution in [1.29, 1.82) is 0 Å². The number of hydrogen-bond donors (Lipinski definition) is 1. The van der Waals surface area contributed by atoms with Gasteiger partial charge in [0, 0.05) is 5.69 Å². The lowest BCUT2D eigenvalue weighted by molar-refractivity contribution is -0.138. The summed E-state index contributed by atoms with van der Waals surface area (Å²) in [5, 5.41) is 0. The van der Waals surface area contributed by atoms with Crippen LogP contribution >= 0.6 is 12.2 Å². The molecule has 0 saturated heterocycles. The standard InChI is InChI=1S/C13H7F6NS/c14-12(15,16)8-3-1-2-7(4-8)10-5-9(13(17,18)19)6-11(21)20-10/h1-6H,(H,20,21). The molecule has 0 aliphatic rings. The molecule has 21 heavy (non-hydrogen) atoms. The van der Waals surface area contributed by atoms with Gasteiger partial charge in [0.1, 0.15) is 4.64 Å². The molecule has 112 valence electrons. The quantitative estimate of drug-likeness (QED) is 0.545. The molecule has 8 heteroatoms. The average molecular weight is 323 g/mol. The summed E-state index contributed by atoms with van der Waals surface area (Å²) in [6.07, 6.45) is -9.20. The van der Waals surface area contributed by atoms with Gasteiger partial charge in [-0.25, -0.2) is 0 Å². The topological polar surface area (TPSA) is 15.8 Å². The number of hydrogen-bond acceptors (Lipinski definition) is 1. The van der Waals surface area contributed by atoms with Gasteiger partial charge in [0.25, 0.3) is 0 Å². The molecule has 0 aliphatic heterocycles. The first-order chi connectivity index (χ1) is 9.57. The van der Waals surface area contributed by atoms with Crippen molar-refractivity contribution in [1.82, 2.24) is 4.98 Å². The van der Waals surface area contributed by atoms with E-state index < -0.39 is 23.5 Å². The van der Waals surface area contributed by atoms with Gasteiger partial charge < -0.3 is 4.98 Å². The maximum Gasteiger partial charge on any atom is 0.416 e. The highest BCUT2D eigenvalue weighted by Crippen LogP contribution is 2.34. The van der Waals surface area contributed by atoms with Gasteiger partial charge in [-0.2, -0.15) is 26.3 Å². The molecule has 2 rings (SSSR count). The van der Waals surface area contributed by atoms with Crippen LogP contribution in [0, 0.1) is 4.64 Å². The van der Waals surface area contributed by atoms with E-state index in [4.69, 9.17) is 0 Å². The second kappa shape index (κ2) is 5.18. The number of aromatic nitrogens is 1. The number of rotatable bonds is 1. The average Bonchev–Trinajstić information content (AvgIpc) is 2.36. The zero-order chi connectivity index (χ0) is 15.8. The van der Waals surface area contributed by atoms with Crippen LogP contribution in [0.15, 0.2) is 36.4 Å². The lowest BCUT2D eigenvalue weighted by Crippen LogP contribution is -2.07. The highest BCUT2D eigenvalue weighted by atomic mass is 32.1. The Labute approximate surface area is 120 Å². The van der Waals surface area contributed by atoms with Gasteiger partial charge in [-0.05, 0) is 29.8 Å². The van der Waals surface area contributed by atoms with E-state index in [1.165, 1.54) is 6.07 Å². The zero-order valence-electron chi connectivity index (χ0n) is 10.1. The summed E-state index contributed by atoms with van der Waals surface area (Å²) in [4.78, 5) is 2.46. The Hall–Kier alpha value is -1.83. The van der Waals surface area contributed by atoms with E-state index in [2.05, 4.69) is 17.2 Å². The smallest absolute Gasteiger partial charge is 0.346 e. The number of benzene rings is 1. The second-order valence-corrected chi connectivity index (χ2v) is 4.66. The van der Waals surface area contributed by atoms with Crippen molar-refractivity contribution in [3.05, 3.63) is 52.2 Å². The molecule has 1 aromatic heterocycles. The van der Waals surface area contributed by atoms with E-state index in [9.17, 15) is 26.3 Å². The summed E-state index contributed by atoms with van der Waals surface area (Å²) in [6.45, 7) is 0. The van der Waals surface area contributed by atoms with Crippen molar-refractivity contribution in [2.24, 2.45) is 0 Å². The van der Waals surface area contributed by atoms with Crippen molar-refractivity contribution in [3.8, 4) is 11.3 Å². The van der Waals surface area contributed by atoms with Gasteiger partial charge in [-0.15, -0.1) is 0 Å². The molecule has 1 heterocycles. The van der Waals surface area contributed by atoms with Gasteiger partial charge in [0.2, 0.25) is 0 Å². The molecule has 2 aromatic rings. The highest BCUT2D eigenvalue weighted by Gasteiger charge is 2.32. The first kappa shape index (κ1) is 15.6. The van der Waals surface area contributed by atoms with Crippen LogP contribution in [-0.2, 0) is 12.4 Å². The molecule has 0 aliphatic carbocycles. The van der Waals surface area contributed by atoms with Crippen LogP contribution in [0.5, 0.6) is 0 Å². The number of halogens is 6. The zero-order valence-corrected chi connectivity index (χ0v) is 11.0. The van der Waals surface area contributed by atoms with Gasteiger partial charge in [-0.3, -0.25) is 0 Å². The Kier molecular flexibility index (Phi) is 3.83. The van der Waals surface area contributed by atoms with E-state index in [1.54, 1.807) is 0 Å². The number of nitrogens with one attached hydrogen (secondary N) is 1. The summed E-state index contributed by atoms with van der Waals surface area (Å²) in [5.74, 6) is 0. The lowest BCUT2D eigenvalue weighted by atomic mass is 10.1. The summed E-state index contributed by atoms with van der Waals surface area (Å²) < 4.78 is 75.7. The normalized spacial score (nSPS) is 12.5. The van der Waals surface area contributed by atoms with Crippen LogP contribution in [0.2, 0.25) is 0 Å². The molecular formula is C13H7F6NS. The van der Waals surface area contributed by atoms with E-state index in [1.807, 2.05) is 0 Å². The van der Waals surface area contributed by atoms with Crippen molar-refractivity contribution < 1.29 is 26.3 Å². The fourth-order valence-corrected chi connectivity index (χ4v) is 1.96. The third-order valence-electron chi connectivity index (χ3n) is 2.67. The molecule has 0 spiro atoms. The molecule has 0 radical (unpaired) electrons. The molecular weight excluding hydrogens is 316 g/mol. The molecule has 0 fully saturated rings. The Balaban J connectivity index is 2.58. The summed E-state index contributed by atoms with van der Waals surface area (Å²) in [6, 6.07) is 5.44. The van der Waals surface area contributed by atoms with Crippen LogP contribution < -0.4 is 0 Å². The van der Waals surface area contributed by atoms with E-state index in [0.717, 1.165) is 24.3 Å². The molecule has 0 amide bonds. The van der Waals surface area contributed by atoms with Crippen LogP contribution in [0.3, 0.4) is 0 Å². The van der Waals surface area contributed by atoms with Gasteiger partial charge in [0.15, 0.2) is 0 Å². The third-order valence-corrected chi connectivity index (χ3v) is 2.89. The number of H-pyrrole nitrogens is 1. The van der Waals surface area contributed by atoms with Gasteiger partial charge >= 0.3 is 12.4 Å². The molecule has 1 aromatic carbocycles. The second-order valence-electron chi connectivity index (χ2n) is 4.22. The number of pyridine rings is 1. The largest absolute Gasteiger partial charge is 0.416 e. The van der Waals surface area contributed by atoms with Crippen molar-refractivity contribution in [3.63, 3.8) is 0 Å². The van der Waals surface area contributed by atoms with Gasteiger partial charge in [0.05, 0.1) is 11.1 Å². The lowest BCUT2D eigenvalue weighted by Gasteiger charge is -2.11. The van der Waals surface area contributed by atoms with Crippen molar-refractivity contribution >= 4 is 12.2 Å². The minimum atomic E-state index is -4.63. The molecule has 1 nitrogen and oxygen atoms in total. The minimum absolute atomic E-state index is 0.0259. The van der Waals surface area contributed by atoms with E-state index in [0.29, 0.717) is 6.07 Å². The minimum Gasteiger partial charge on any atom is -0.346 e. The maximum absolute atomic E-state index is 12.7. The van der Waals surface area contributed by atoms with Crippen molar-refractivity contribution in [2.75, 3.05) is 0 Å². The van der Waals surface area contributed by atoms with E-state index in [-0.39, 0.29) is 15.9 Å². The maximum atomic E-state index is 12.7. The van der Waals surface area contributed by atoms with Crippen LogP contribution in [0.25, 0.3) is 11.3 Å². The molecule has 0 bridgehead atoms. The van der Waals surface area contributed by atoms with Crippen LogP contribution in [0.1, 0.15) is 11.1 Å². The molecule has 0 unspecified atom stereocenters. The SMILES string of the molecule is FC(F)(F)c1cccc(-c2cc(C(F)(F)F)cc(=S)[nH]2)c1. The van der Waals surface area contributed by atoms with Gasteiger partial charge in [-0.1, -0.05) is 24.4 Å². The predicted molar refractivity (Wildman–Crippen MR) is 67.1 cm³/mol. The molecule has 0 atom stereocenters. The Morgan fingerprint density at radius 2 is 1.43 bits per heavy atom. The fraction of sp³-hybridized carbons (Fsp3) is 0.154. The van der Waals surface area contributed by atoms with Crippen LogP contribution in [0.4, 0.5) is 26.3 Å². The number of alkyl halides is 6. The molecule has 1 N–H and O–H groups in total. The fourth-order valence-electron chi connectivity index (χ4n) is 1.73. The Morgan fingerprint density at radius 1 is 0.810 bits per heavy atom. The Morgan fingerprint density at radius 3 is 2.00 bits per heavy atom. The molecule has 0 saturated carbocycles. The first-order valence-electron chi connectivity index (χ1n) is 5.56. The predicted octanol–water partition coefficient (Wildman–Crippen LogP) is 5.45. The summed E-state index contributed by atoms with van der Waals surface area (Å²) in [7, 11) is 0. The third kappa shape index (κ3) is 3.63.